The van der Waals surface area contributed by atoms with Gasteiger partial charge in [-0.1, -0.05) is 36.8 Å². The van der Waals surface area contributed by atoms with Gasteiger partial charge in [0.25, 0.3) is 0 Å². The smallest absolute Gasteiger partial charge is 0.0951 e. The van der Waals surface area contributed by atoms with Crippen LogP contribution in [0.1, 0.15) is 56.8 Å². The maximum atomic E-state index is 4.42. The normalized spacial score (nSPS) is 30.4. The molecule has 0 N–H and O–H groups in total. The molecule has 1 aromatic carbocycles. The minimum absolute atomic E-state index is 0.490. The molecular weight excluding hydrogens is 356 g/mol. The van der Waals surface area contributed by atoms with E-state index in [2.05, 4.69) is 69.7 Å². The molecule has 4 heterocycles. The van der Waals surface area contributed by atoms with Gasteiger partial charge in [0.1, 0.15) is 0 Å². The largest absolute Gasteiger partial charge is 0.331 e. The van der Waals surface area contributed by atoms with Crippen LogP contribution in [0.15, 0.2) is 42.9 Å². The zero-order valence-electron chi connectivity index (χ0n) is 18.1. The standard InChI is InChI=1S/C25H36N4/c1-19(2)29-18-26-13-24(29)17-27-14-21-11-22(16-27)25-10-6-9-23(28(25)15-21)12-20-7-4-3-5-8-20/h3-5,7-8,13,18-19,21-23,25H,6,9-12,14-17H2,1-2H3/t21-,22+,23+,25-/m0/s1. The Balaban J connectivity index is 1.27. The predicted molar refractivity (Wildman–Crippen MR) is 118 cm³/mol. The fourth-order valence-corrected chi connectivity index (χ4v) is 6.40. The number of nitrogens with zero attached hydrogens (tertiary/aromatic N) is 4. The summed E-state index contributed by atoms with van der Waals surface area (Å²) in [7, 11) is 0. The molecule has 4 heteroatoms. The van der Waals surface area contributed by atoms with Crippen LogP contribution in [-0.2, 0) is 13.0 Å². The Hall–Kier alpha value is -1.65. The molecule has 3 aliphatic heterocycles. The third kappa shape index (κ3) is 4.02. The summed E-state index contributed by atoms with van der Waals surface area (Å²) in [6.45, 7) is 9.38. The van der Waals surface area contributed by atoms with Gasteiger partial charge in [-0.15, -0.1) is 0 Å². The van der Waals surface area contributed by atoms with Crippen LogP contribution < -0.4 is 0 Å². The van der Waals surface area contributed by atoms with Gasteiger partial charge in [-0.25, -0.2) is 4.98 Å². The Labute approximate surface area is 175 Å². The Bertz CT molecular complexity index is 798. The van der Waals surface area contributed by atoms with Crippen molar-refractivity contribution in [3.8, 4) is 0 Å². The number of hydrogen-bond donors (Lipinski definition) is 0. The van der Waals surface area contributed by atoms with E-state index < -0.39 is 0 Å². The van der Waals surface area contributed by atoms with Gasteiger partial charge in [0, 0.05) is 50.5 Å². The predicted octanol–water partition coefficient (Wildman–Crippen LogP) is 4.38. The number of aromatic nitrogens is 2. The SMILES string of the molecule is CC(C)n1cncc1CN1C[C@@H]2C[C@H](C1)[C@@H]1CCC[C@H](Cc3ccccc3)N1C2. The van der Waals surface area contributed by atoms with Crippen molar-refractivity contribution < 1.29 is 0 Å². The summed E-state index contributed by atoms with van der Waals surface area (Å²) < 4.78 is 2.34. The number of imidazole rings is 1. The molecule has 0 radical (unpaired) electrons. The first-order valence-corrected chi connectivity index (χ1v) is 11.7. The molecule has 0 amide bonds. The van der Waals surface area contributed by atoms with E-state index in [1.54, 1.807) is 0 Å². The lowest BCUT2D eigenvalue weighted by Gasteiger charge is -2.55. The van der Waals surface area contributed by atoms with Gasteiger partial charge in [-0.05, 0) is 56.9 Å². The molecule has 0 saturated carbocycles. The molecule has 29 heavy (non-hydrogen) atoms. The lowest BCUT2D eigenvalue weighted by molar-refractivity contribution is -0.0582. The fourth-order valence-electron chi connectivity index (χ4n) is 6.40. The topological polar surface area (TPSA) is 24.3 Å². The van der Waals surface area contributed by atoms with Gasteiger partial charge in [-0.3, -0.25) is 9.80 Å². The van der Waals surface area contributed by atoms with Crippen LogP contribution >= 0.6 is 0 Å². The lowest BCUT2D eigenvalue weighted by Crippen LogP contribution is -2.61. The number of piperidine rings is 3. The van der Waals surface area contributed by atoms with Crippen molar-refractivity contribution in [2.45, 2.75) is 70.6 Å². The molecule has 0 aliphatic carbocycles. The third-order valence-electron chi connectivity index (χ3n) is 7.59. The van der Waals surface area contributed by atoms with Crippen LogP contribution in [0.2, 0.25) is 0 Å². The molecular formula is C25H36N4. The molecule has 1 aromatic heterocycles. The van der Waals surface area contributed by atoms with E-state index in [0.717, 1.165) is 30.5 Å². The summed E-state index contributed by atoms with van der Waals surface area (Å²) >= 11 is 0. The molecule has 4 nitrogen and oxygen atoms in total. The van der Waals surface area contributed by atoms with Gasteiger partial charge < -0.3 is 4.57 Å². The average molecular weight is 393 g/mol. The number of hydrogen-bond acceptors (Lipinski definition) is 3. The second-order valence-corrected chi connectivity index (χ2v) is 9.98. The second kappa shape index (κ2) is 8.23. The van der Waals surface area contributed by atoms with E-state index in [9.17, 15) is 0 Å². The van der Waals surface area contributed by atoms with E-state index in [1.807, 2.05) is 6.33 Å². The van der Waals surface area contributed by atoms with Gasteiger partial charge in [0.2, 0.25) is 0 Å². The van der Waals surface area contributed by atoms with E-state index in [0.29, 0.717) is 6.04 Å². The summed E-state index contributed by atoms with van der Waals surface area (Å²) in [5, 5.41) is 0. The van der Waals surface area contributed by atoms with Crippen LogP contribution in [-0.4, -0.2) is 51.1 Å². The third-order valence-corrected chi connectivity index (χ3v) is 7.59. The van der Waals surface area contributed by atoms with E-state index in [1.165, 1.54) is 63.0 Å². The lowest BCUT2D eigenvalue weighted by atomic mass is 9.74. The Morgan fingerprint density at radius 1 is 1.07 bits per heavy atom. The highest BCUT2D eigenvalue weighted by Crippen LogP contribution is 2.40. The Morgan fingerprint density at radius 2 is 1.93 bits per heavy atom. The van der Waals surface area contributed by atoms with Gasteiger partial charge in [0.05, 0.1) is 12.0 Å². The van der Waals surface area contributed by atoms with Gasteiger partial charge in [0.15, 0.2) is 0 Å². The van der Waals surface area contributed by atoms with Crippen molar-refractivity contribution in [2.24, 2.45) is 11.8 Å². The summed E-state index contributed by atoms with van der Waals surface area (Å²) in [4.78, 5) is 10.1. The molecule has 2 aromatic rings. The summed E-state index contributed by atoms with van der Waals surface area (Å²) in [5.41, 5.74) is 2.89. The van der Waals surface area contributed by atoms with Crippen LogP contribution in [0.3, 0.4) is 0 Å². The minimum atomic E-state index is 0.490. The summed E-state index contributed by atoms with van der Waals surface area (Å²) in [6.07, 6.45) is 10.9. The molecule has 0 unspecified atom stereocenters. The van der Waals surface area contributed by atoms with Gasteiger partial charge in [-0.2, -0.15) is 0 Å². The highest BCUT2D eigenvalue weighted by molar-refractivity contribution is 5.16. The van der Waals surface area contributed by atoms with Crippen molar-refractivity contribution in [2.75, 3.05) is 19.6 Å². The highest BCUT2D eigenvalue weighted by atomic mass is 15.3. The zero-order valence-corrected chi connectivity index (χ0v) is 18.1. The van der Waals surface area contributed by atoms with E-state index >= 15 is 0 Å². The quantitative estimate of drug-likeness (QED) is 0.755. The first kappa shape index (κ1) is 19.3. The van der Waals surface area contributed by atoms with Crippen molar-refractivity contribution in [3.05, 3.63) is 54.1 Å². The van der Waals surface area contributed by atoms with Crippen molar-refractivity contribution in [3.63, 3.8) is 0 Å². The highest BCUT2D eigenvalue weighted by Gasteiger charge is 2.44. The maximum absolute atomic E-state index is 4.42. The molecule has 5 rings (SSSR count). The molecule has 2 bridgehead atoms. The van der Waals surface area contributed by atoms with Crippen molar-refractivity contribution in [1.82, 2.24) is 19.4 Å². The number of benzene rings is 1. The molecule has 3 saturated heterocycles. The van der Waals surface area contributed by atoms with Crippen LogP contribution in [0.4, 0.5) is 0 Å². The molecule has 4 atom stereocenters. The van der Waals surface area contributed by atoms with Crippen molar-refractivity contribution in [1.29, 1.82) is 0 Å². The maximum Gasteiger partial charge on any atom is 0.0951 e. The molecule has 3 aliphatic rings. The first-order valence-electron chi connectivity index (χ1n) is 11.7. The number of rotatable bonds is 5. The average Bonchev–Trinajstić information content (AvgIpc) is 3.18. The summed E-state index contributed by atoms with van der Waals surface area (Å²) in [5.74, 6) is 1.67. The monoisotopic (exact) mass is 392 g/mol. The molecule has 156 valence electrons. The minimum Gasteiger partial charge on any atom is -0.331 e. The molecule has 0 spiro atoms. The van der Waals surface area contributed by atoms with Crippen LogP contribution in [0.5, 0.6) is 0 Å². The summed E-state index contributed by atoms with van der Waals surface area (Å²) in [6, 6.07) is 13.2. The van der Waals surface area contributed by atoms with E-state index in [4.69, 9.17) is 0 Å². The first-order chi connectivity index (χ1) is 14.2. The number of fused-ring (bicyclic) bond motifs is 4. The van der Waals surface area contributed by atoms with Gasteiger partial charge >= 0.3 is 0 Å². The second-order valence-electron chi connectivity index (χ2n) is 9.98. The van der Waals surface area contributed by atoms with Crippen molar-refractivity contribution >= 4 is 0 Å². The Kier molecular flexibility index (Phi) is 5.49. The molecule has 3 fully saturated rings. The van der Waals surface area contributed by atoms with Crippen LogP contribution in [0.25, 0.3) is 0 Å². The Morgan fingerprint density at radius 3 is 2.76 bits per heavy atom. The van der Waals surface area contributed by atoms with Crippen LogP contribution in [0, 0.1) is 11.8 Å². The number of likely N-dealkylation sites (tertiary alicyclic amines) is 1. The van der Waals surface area contributed by atoms with E-state index in [-0.39, 0.29) is 0 Å². The fraction of sp³-hybridized carbons (Fsp3) is 0.640. The zero-order chi connectivity index (χ0) is 19.8.